The first-order valence-electron chi connectivity index (χ1n) is 8.08. The van der Waals surface area contributed by atoms with Gasteiger partial charge in [-0.15, -0.1) is 0 Å². The van der Waals surface area contributed by atoms with Gasteiger partial charge >= 0.3 is 0 Å². The summed E-state index contributed by atoms with van der Waals surface area (Å²) in [5.74, 6) is 0.341. The highest BCUT2D eigenvalue weighted by atomic mass is 16.3. The van der Waals surface area contributed by atoms with Gasteiger partial charge in [-0.05, 0) is 6.42 Å². The van der Waals surface area contributed by atoms with Crippen LogP contribution in [0.3, 0.4) is 0 Å². The Morgan fingerprint density at radius 2 is 2.23 bits per heavy atom. The molecule has 0 spiro atoms. The van der Waals surface area contributed by atoms with Crippen molar-refractivity contribution in [2.24, 2.45) is 0 Å². The quantitative estimate of drug-likeness (QED) is 0.466. The molecule has 3 aromatic heterocycles. The molecule has 0 saturated carbocycles. The summed E-state index contributed by atoms with van der Waals surface area (Å²) in [5, 5.41) is 13.3. The van der Waals surface area contributed by atoms with Crippen molar-refractivity contribution in [2.75, 3.05) is 23.7 Å². The lowest BCUT2D eigenvalue weighted by molar-refractivity contribution is 0.0793. The minimum Gasteiger partial charge on any atom is -0.389 e. The molecular weight excluding hydrogens is 338 g/mol. The predicted molar refractivity (Wildman–Crippen MR) is 92.2 cm³/mol. The number of β-amino-alcohol motifs (C(OH)–C–C–N with tert-alkyl or cyclic N) is 1. The molecule has 134 valence electrons. The molecule has 2 atom stereocenters. The molecule has 26 heavy (non-hydrogen) atoms. The zero-order chi connectivity index (χ0) is 18.1. The maximum atomic E-state index is 12.2. The zero-order valence-electron chi connectivity index (χ0n) is 13.7. The number of aromatic nitrogens is 6. The number of hydrogen-bond acceptors (Lipinski definition) is 9. The highest BCUT2D eigenvalue weighted by Gasteiger charge is 2.31. The summed E-state index contributed by atoms with van der Waals surface area (Å²) >= 11 is 0. The number of aliphatic hydroxyl groups excluding tert-OH is 1. The molecule has 0 aliphatic carbocycles. The predicted octanol–water partition coefficient (Wildman–Crippen LogP) is -0.905. The van der Waals surface area contributed by atoms with E-state index in [1.54, 1.807) is 0 Å². The normalized spacial score (nSPS) is 20.3. The Morgan fingerprint density at radius 3 is 3.00 bits per heavy atom. The van der Waals surface area contributed by atoms with Gasteiger partial charge in [-0.25, -0.2) is 9.97 Å². The second kappa shape index (κ2) is 6.52. The molecule has 11 heteroatoms. The maximum absolute atomic E-state index is 12.2. The monoisotopic (exact) mass is 355 g/mol. The number of aromatic amines is 1. The van der Waals surface area contributed by atoms with Crippen molar-refractivity contribution in [1.82, 2.24) is 35.2 Å². The third-order valence-electron chi connectivity index (χ3n) is 4.28. The lowest BCUT2D eigenvalue weighted by Crippen LogP contribution is -2.54. The second-order valence-electron chi connectivity index (χ2n) is 5.98. The average molecular weight is 355 g/mol. The molecule has 0 aromatic carbocycles. The van der Waals surface area contributed by atoms with E-state index in [-0.39, 0.29) is 24.1 Å². The summed E-state index contributed by atoms with van der Waals surface area (Å²) in [4.78, 5) is 37.4. The molecule has 3 aromatic rings. The van der Waals surface area contributed by atoms with Gasteiger partial charge in [-0.2, -0.15) is 9.97 Å². The summed E-state index contributed by atoms with van der Waals surface area (Å²) in [7, 11) is 0. The van der Waals surface area contributed by atoms with Gasteiger partial charge in [0.15, 0.2) is 11.5 Å². The molecule has 1 aliphatic rings. The van der Waals surface area contributed by atoms with Crippen molar-refractivity contribution in [2.45, 2.75) is 18.6 Å². The van der Waals surface area contributed by atoms with Crippen LogP contribution < -0.4 is 16.0 Å². The number of anilines is 2. The smallest absolute Gasteiger partial charge is 0.271 e. The van der Waals surface area contributed by atoms with Gasteiger partial charge in [0.2, 0.25) is 5.95 Å². The first-order chi connectivity index (χ1) is 12.6. The number of nitrogens with one attached hydrogen (secondary N) is 2. The minimum absolute atomic E-state index is 0.118. The summed E-state index contributed by atoms with van der Waals surface area (Å²) < 4.78 is 0. The van der Waals surface area contributed by atoms with Crippen LogP contribution in [-0.4, -0.2) is 66.2 Å². The van der Waals surface area contributed by atoms with E-state index in [0.29, 0.717) is 29.9 Å². The molecule has 11 nitrogen and oxygen atoms in total. The van der Waals surface area contributed by atoms with Crippen molar-refractivity contribution in [3.05, 3.63) is 30.6 Å². The van der Waals surface area contributed by atoms with E-state index in [4.69, 9.17) is 5.73 Å². The molecule has 5 N–H and O–H groups in total. The Hall–Kier alpha value is -3.34. The fourth-order valence-electron chi connectivity index (χ4n) is 3.01. The number of carbonyl (C=O) groups is 1. The SMILES string of the molecule is Nc1nc(N2CC[C@@H](NC(=O)c3cnccn3)[C@H](O)C2)c2[nH]cnc2n1. The third-order valence-corrected chi connectivity index (χ3v) is 4.28. The molecule has 0 unspecified atom stereocenters. The maximum Gasteiger partial charge on any atom is 0.271 e. The molecule has 0 bridgehead atoms. The van der Waals surface area contributed by atoms with Crippen LogP contribution in [0.15, 0.2) is 24.9 Å². The van der Waals surface area contributed by atoms with Crippen molar-refractivity contribution < 1.29 is 9.90 Å². The number of nitrogens with two attached hydrogens (primary N) is 1. The van der Waals surface area contributed by atoms with Crippen LogP contribution >= 0.6 is 0 Å². The zero-order valence-corrected chi connectivity index (χ0v) is 13.7. The van der Waals surface area contributed by atoms with Crippen LogP contribution in [0.2, 0.25) is 0 Å². The van der Waals surface area contributed by atoms with Crippen LogP contribution in [0.25, 0.3) is 11.2 Å². The number of piperidine rings is 1. The first-order valence-corrected chi connectivity index (χ1v) is 8.08. The molecule has 4 rings (SSSR count). The minimum atomic E-state index is -0.779. The molecule has 1 fully saturated rings. The second-order valence-corrected chi connectivity index (χ2v) is 5.98. The Balaban J connectivity index is 1.48. The Kier molecular flexibility index (Phi) is 4.05. The van der Waals surface area contributed by atoms with E-state index in [1.807, 2.05) is 4.90 Å². The van der Waals surface area contributed by atoms with Crippen molar-refractivity contribution in [3.8, 4) is 0 Å². The summed E-state index contributed by atoms with van der Waals surface area (Å²) in [6, 6.07) is -0.391. The number of nitrogens with zero attached hydrogens (tertiary/aromatic N) is 6. The van der Waals surface area contributed by atoms with Crippen LogP contribution in [-0.2, 0) is 0 Å². The fourth-order valence-corrected chi connectivity index (χ4v) is 3.01. The van der Waals surface area contributed by atoms with Crippen molar-refractivity contribution >= 4 is 28.8 Å². The fraction of sp³-hybridized carbons (Fsp3) is 0.333. The van der Waals surface area contributed by atoms with Gasteiger partial charge in [-0.1, -0.05) is 0 Å². The van der Waals surface area contributed by atoms with Crippen LogP contribution in [0, 0.1) is 0 Å². The number of fused-ring (bicyclic) bond motifs is 1. The highest BCUT2D eigenvalue weighted by molar-refractivity contribution is 5.92. The van der Waals surface area contributed by atoms with E-state index in [9.17, 15) is 9.90 Å². The van der Waals surface area contributed by atoms with Gasteiger partial charge in [-0.3, -0.25) is 9.78 Å². The topological polar surface area (TPSA) is 159 Å². The van der Waals surface area contributed by atoms with Gasteiger partial charge < -0.3 is 26.0 Å². The van der Waals surface area contributed by atoms with E-state index < -0.39 is 12.1 Å². The van der Waals surface area contributed by atoms with Gasteiger partial charge in [0, 0.05) is 25.5 Å². The number of carbonyl (C=O) groups excluding carboxylic acids is 1. The number of rotatable bonds is 3. The summed E-state index contributed by atoms with van der Waals surface area (Å²) in [5.41, 5.74) is 7.09. The third kappa shape index (κ3) is 2.99. The number of nitrogen functional groups attached to an aromatic ring is 1. The number of aliphatic hydroxyl groups is 1. The molecule has 1 saturated heterocycles. The van der Waals surface area contributed by atoms with Crippen LogP contribution in [0.5, 0.6) is 0 Å². The lowest BCUT2D eigenvalue weighted by atomic mass is 10.0. The molecular formula is C15H17N9O2. The summed E-state index contributed by atoms with van der Waals surface area (Å²) in [6.07, 6.45) is 5.60. The van der Waals surface area contributed by atoms with E-state index in [0.717, 1.165) is 0 Å². The number of H-pyrrole nitrogens is 1. The molecule has 1 amide bonds. The Bertz CT molecular complexity index is 929. The Labute approximate surface area is 147 Å². The first kappa shape index (κ1) is 16.1. The number of imidazole rings is 1. The average Bonchev–Trinajstić information content (AvgIpc) is 3.11. The van der Waals surface area contributed by atoms with Crippen LogP contribution in [0.1, 0.15) is 16.9 Å². The van der Waals surface area contributed by atoms with Gasteiger partial charge in [0.25, 0.3) is 5.91 Å². The largest absolute Gasteiger partial charge is 0.389 e. The molecule has 4 heterocycles. The van der Waals surface area contributed by atoms with E-state index in [2.05, 4.69) is 35.2 Å². The Morgan fingerprint density at radius 1 is 1.35 bits per heavy atom. The molecule has 1 aliphatic heterocycles. The van der Waals surface area contributed by atoms with E-state index in [1.165, 1.54) is 24.9 Å². The standard InChI is InChI=1S/C15H17N9O2/c16-15-22-12-11(19-7-20-12)13(23-15)24-4-1-8(10(25)6-24)21-14(26)9-5-17-2-3-18-9/h2-3,5,7-8,10,25H,1,4,6H2,(H,21,26)(H3,16,19,20,22,23)/t8-,10-/m1/s1. The van der Waals surface area contributed by atoms with E-state index >= 15 is 0 Å². The molecule has 0 radical (unpaired) electrons. The number of amides is 1. The van der Waals surface area contributed by atoms with Crippen molar-refractivity contribution in [1.29, 1.82) is 0 Å². The highest BCUT2D eigenvalue weighted by Crippen LogP contribution is 2.25. The van der Waals surface area contributed by atoms with Crippen LogP contribution in [0.4, 0.5) is 11.8 Å². The van der Waals surface area contributed by atoms with Gasteiger partial charge in [0.1, 0.15) is 11.2 Å². The van der Waals surface area contributed by atoms with Crippen molar-refractivity contribution in [3.63, 3.8) is 0 Å². The van der Waals surface area contributed by atoms with Gasteiger partial charge in [0.05, 0.1) is 24.7 Å². The summed E-state index contributed by atoms with van der Waals surface area (Å²) in [6.45, 7) is 0.864. The number of hydrogen-bond donors (Lipinski definition) is 4. The lowest BCUT2D eigenvalue weighted by Gasteiger charge is -2.36.